The standard InChI is InChI=1S/C9H13NO2/c11-9(3-1-4-10-7-9)8-2-5-12-6-8/h2,5-6,10-11H,1,3-4,7H2. The van der Waals surface area contributed by atoms with Crippen molar-refractivity contribution in [1.82, 2.24) is 5.32 Å². The van der Waals surface area contributed by atoms with Gasteiger partial charge in [0.05, 0.1) is 12.5 Å². The number of hydrogen-bond acceptors (Lipinski definition) is 3. The highest BCUT2D eigenvalue weighted by Crippen LogP contribution is 2.28. The molecule has 0 saturated carbocycles. The number of hydrogen-bond donors (Lipinski definition) is 2. The minimum Gasteiger partial charge on any atom is -0.472 e. The molecule has 0 aliphatic carbocycles. The van der Waals surface area contributed by atoms with E-state index >= 15 is 0 Å². The summed E-state index contributed by atoms with van der Waals surface area (Å²) in [5.74, 6) is 0. The van der Waals surface area contributed by atoms with Gasteiger partial charge in [0.25, 0.3) is 0 Å². The Bertz CT molecular complexity index is 237. The van der Waals surface area contributed by atoms with Crippen LogP contribution in [0.2, 0.25) is 0 Å². The molecular weight excluding hydrogens is 154 g/mol. The molecule has 0 aromatic carbocycles. The molecule has 2 rings (SSSR count). The smallest absolute Gasteiger partial charge is 0.105 e. The Hall–Kier alpha value is -0.800. The molecule has 0 amide bonds. The lowest BCUT2D eigenvalue weighted by Crippen LogP contribution is -2.42. The zero-order valence-corrected chi connectivity index (χ0v) is 6.92. The quantitative estimate of drug-likeness (QED) is 0.651. The first kappa shape index (κ1) is 7.83. The maximum Gasteiger partial charge on any atom is 0.105 e. The van der Waals surface area contributed by atoms with E-state index in [1.807, 2.05) is 6.07 Å². The van der Waals surface area contributed by atoms with Crippen LogP contribution in [0.15, 0.2) is 23.0 Å². The van der Waals surface area contributed by atoms with E-state index in [4.69, 9.17) is 4.42 Å². The van der Waals surface area contributed by atoms with Crippen molar-refractivity contribution >= 4 is 0 Å². The number of β-amino-alcohol motifs (C(OH)–C–C–N with tert-alkyl or cyclic N) is 1. The molecule has 1 saturated heterocycles. The van der Waals surface area contributed by atoms with E-state index in [9.17, 15) is 5.11 Å². The average Bonchev–Trinajstić information content (AvgIpc) is 2.58. The Kier molecular flexibility index (Phi) is 1.90. The summed E-state index contributed by atoms with van der Waals surface area (Å²) in [5, 5.41) is 13.3. The highest BCUT2D eigenvalue weighted by molar-refractivity contribution is 5.17. The SMILES string of the molecule is OC1(c2ccoc2)CCCNC1. The van der Waals surface area contributed by atoms with Gasteiger partial charge in [0.15, 0.2) is 0 Å². The molecule has 1 aliphatic rings. The minimum absolute atomic E-state index is 0.631. The number of rotatable bonds is 1. The van der Waals surface area contributed by atoms with Crippen LogP contribution in [-0.4, -0.2) is 18.2 Å². The number of piperidine rings is 1. The van der Waals surface area contributed by atoms with Gasteiger partial charge in [0, 0.05) is 12.1 Å². The normalized spacial score (nSPS) is 30.4. The fraction of sp³-hybridized carbons (Fsp3) is 0.556. The summed E-state index contributed by atoms with van der Waals surface area (Å²) in [7, 11) is 0. The van der Waals surface area contributed by atoms with Crippen molar-refractivity contribution in [2.45, 2.75) is 18.4 Å². The first-order valence-corrected chi connectivity index (χ1v) is 4.27. The summed E-state index contributed by atoms with van der Waals surface area (Å²) in [6.07, 6.45) is 5.05. The van der Waals surface area contributed by atoms with Crippen molar-refractivity contribution in [2.75, 3.05) is 13.1 Å². The Labute approximate surface area is 71.4 Å². The summed E-state index contributed by atoms with van der Waals surface area (Å²) in [4.78, 5) is 0. The Morgan fingerprint density at radius 2 is 2.50 bits per heavy atom. The molecular formula is C9H13NO2. The van der Waals surface area contributed by atoms with E-state index in [1.54, 1.807) is 12.5 Å². The molecule has 0 radical (unpaired) electrons. The monoisotopic (exact) mass is 167 g/mol. The lowest BCUT2D eigenvalue weighted by atomic mass is 9.88. The van der Waals surface area contributed by atoms with Gasteiger partial charge in [-0.3, -0.25) is 0 Å². The van der Waals surface area contributed by atoms with E-state index in [1.165, 1.54) is 0 Å². The molecule has 0 spiro atoms. The zero-order chi connectivity index (χ0) is 8.44. The molecule has 66 valence electrons. The minimum atomic E-state index is -0.703. The summed E-state index contributed by atoms with van der Waals surface area (Å²) in [5.41, 5.74) is 0.181. The molecule has 1 atom stereocenters. The largest absolute Gasteiger partial charge is 0.472 e. The van der Waals surface area contributed by atoms with Crippen molar-refractivity contribution in [1.29, 1.82) is 0 Å². The summed E-state index contributed by atoms with van der Waals surface area (Å²) in [6.45, 7) is 1.63. The fourth-order valence-corrected chi connectivity index (χ4v) is 1.67. The molecule has 3 heteroatoms. The van der Waals surface area contributed by atoms with Gasteiger partial charge in [0.1, 0.15) is 5.60 Å². The van der Waals surface area contributed by atoms with E-state index < -0.39 is 5.60 Å². The van der Waals surface area contributed by atoms with Crippen LogP contribution in [0.25, 0.3) is 0 Å². The lowest BCUT2D eigenvalue weighted by molar-refractivity contribution is 0.0118. The molecule has 1 aliphatic heterocycles. The lowest BCUT2D eigenvalue weighted by Gasteiger charge is -2.31. The molecule has 2 N–H and O–H groups in total. The molecule has 0 bridgehead atoms. The van der Waals surface area contributed by atoms with Gasteiger partial charge in [-0.2, -0.15) is 0 Å². The maximum atomic E-state index is 10.1. The van der Waals surface area contributed by atoms with Crippen molar-refractivity contribution in [3.63, 3.8) is 0 Å². The predicted octanol–water partition coefficient (Wildman–Crippen LogP) is 0.851. The third-order valence-corrected chi connectivity index (χ3v) is 2.42. The van der Waals surface area contributed by atoms with E-state index in [0.29, 0.717) is 6.54 Å². The fourth-order valence-electron chi connectivity index (χ4n) is 1.67. The highest BCUT2D eigenvalue weighted by atomic mass is 16.3. The van der Waals surface area contributed by atoms with Crippen LogP contribution >= 0.6 is 0 Å². The van der Waals surface area contributed by atoms with Gasteiger partial charge < -0.3 is 14.8 Å². The van der Waals surface area contributed by atoms with E-state index in [-0.39, 0.29) is 0 Å². The first-order chi connectivity index (χ1) is 5.81. The van der Waals surface area contributed by atoms with Gasteiger partial charge in [-0.05, 0) is 25.5 Å². The van der Waals surface area contributed by atoms with Crippen molar-refractivity contribution in [3.8, 4) is 0 Å². The van der Waals surface area contributed by atoms with Crippen molar-refractivity contribution < 1.29 is 9.52 Å². The summed E-state index contributed by atoms with van der Waals surface area (Å²) < 4.78 is 4.95. The molecule has 12 heavy (non-hydrogen) atoms. The third kappa shape index (κ3) is 1.26. The van der Waals surface area contributed by atoms with Gasteiger partial charge in [-0.25, -0.2) is 0 Å². The first-order valence-electron chi connectivity index (χ1n) is 4.27. The van der Waals surface area contributed by atoms with Crippen LogP contribution in [0, 0.1) is 0 Å². The second-order valence-corrected chi connectivity index (χ2v) is 3.32. The topological polar surface area (TPSA) is 45.4 Å². The van der Waals surface area contributed by atoms with Crippen LogP contribution in [0.1, 0.15) is 18.4 Å². The van der Waals surface area contributed by atoms with Gasteiger partial charge >= 0.3 is 0 Å². The molecule has 3 nitrogen and oxygen atoms in total. The second kappa shape index (κ2) is 2.92. The Morgan fingerprint density at radius 3 is 3.08 bits per heavy atom. The summed E-state index contributed by atoms with van der Waals surface area (Å²) in [6, 6.07) is 1.83. The Morgan fingerprint density at radius 1 is 1.58 bits per heavy atom. The second-order valence-electron chi connectivity index (χ2n) is 3.32. The Balaban J connectivity index is 2.19. The van der Waals surface area contributed by atoms with Gasteiger partial charge in [-0.15, -0.1) is 0 Å². The zero-order valence-electron chi connectivity index (χ0n) is 6.92. The molecule has 2 heterocycles. The maximum absolute atomic E-state index is 10.1. The number of furan rings is 1. The van der Waals surface area contributed by atoms with Crippen molar-refractivity contribution in [3.05, 3.63) is 24.2 Å². The van der Waals surface area contributed by atoms with E-state index in [2.05, 4.69) is 5.32 Å². The van der Waals surface area contributed by atoms with Crippen LogP contribution in [-0.2, 0) is 5.60 Å². The molecule has 1 aromatic rings. The third-order valence-electron chi connectivity index (χ3n) is 2.42. The van der Waals surface area contributed by atoms with Crippen molar-refractivity contribution in [2.24, 2.45) is 0 Å². The molecule has 1 fully saturated rings. The number of aliphatic hydroxyl groups is 1. The van der Waals surface area contributed by atoms with Crippen LogP contribution in [0.3, 0.4) is 0 Å². The number of nitrogens with one attached hydrogen (secondary N) is 1. The molecule has 1 unspecified atom stereocenters. The predicted molar refractivity (Wildman–Crippen MR) is 44.7 cm³/mol. The average molecular weight is 167 g/mol. The van der Waals surface area contributed by atoms with Crippen LogP contribution in [0.5, 0.6) is 0 Å². The van der Waals surface area contributed by atoms with Crippen LogP contribution in [0.4, 0.5) is 0 Å². The van der Waals surface area contributed by atoms with E-state index in [0.717, 1.165) is 24.9 Å². The van der Waals surface area contributed by atoms with Gasteiger partial charge in [0.2, 0.25) is 0 Å². The highest BCUT2D eigenvalue weighted by Gasteiger charge is 2.31. The van der Waals surface area contributed by atoms with Crippen LogP contribution < -0.4 is 5.32 Å². The summed E-state index contributed by atoms with van der Waals surface area (Å²) >= 11 is 0. The molecule has 1 aromatic heterocycles. The van der Waals surface area contributed by atoms with Gasteiger partial charge in [-0.1, -0.05) is 0 Å².